The summed E-state index contributed by atoms with van der Waals surface area (Å²) in [4.78, 5) is 34.1. The molecule has 0 aromatic rings. The molecule has 16 heavy (non-hydrogen) atoms. The Kier molecular flexibility index (Phi) is 6.83. The van der Waals surface area contributed by atoms with Gasteiger partial charge in [-0.2, -0.15) is 0 Å². The lowest BCUT2D eigenvalue weighted by Crippen LogP contribution is -2.35. The first-order valence-electron chi connectivity index (χ1n) is 5.19. The molecule has 90 valence electrons. The molecule has 0 aromatic carbocycles. The molecule has 0 saturated heterocycles. The molecule has 0 aromatic heterocycles. The van der Waals surface area contributed by atoms with Crippen molar-refractivity contribution in [2.45, 2.75) is 33.2 Å². The second-order valence-electron chi connectivity index (χ2n) is 3.61. The lowest BCUT2D eigenvalue weighted by atomic mass is 10.3. The van der Waals surface area contributed by atoms with Gasteiger partial charge in [0.2, 0.25) is 12.3 Å². The molecule has 0 aliphatic carbocycles. The Labute approximate surface area is 95.5 Å². The van der Waals surface area contributed by atoms with Gasteiger partial charge in [0, 0.05) is 19.0 Å². The zero-order valence-electron chi connectivity index (χ0n) is 9.90. The third-order valence-electron chi connectivity index (χ3n) is 1.75. The summed E-state index contributed by atoms with van der Waals surface area (Å²) in [6, 6.07) is 0.0587. The van der Waals surface area contributed by atoms with Gasteiger partial charge in [0.15, 0.2) is 0 Å². The van der Waals surface area contributed by atoms with Gasteiger partial charge in [-0.3, -0.25) is 19.3 Å². The molecule has 0 aliphatic rings. The van der Waals surface area contributed by atoms with Crippen LogP contribution in [-0.4, -0.2) is 35.7 Å². The quantitative estimate of drug-likeness (QED) is 0.528. The van der Waals surface area contributed by atoms with Crippen LogP contribution in [0.15, 0.2) is 12.2 Å². The van der Waals surface area contributed by atoms with Crippen molar-refractivity contribution in [1.29, 1.82) is 0 Å². The van der Waals surface area contributed by atoms with E-state index in [1.807, 2.05) is 13.8 Å². The largest absolute Gasteiger partial charge is 0.354 e. The second-order valence-corrected chi connectivity index (χ2v) is 3.61. The van der Waals surface area contributed by atoms with Gasteiger partial charge >= 0.3 is 0 Å². The SMILES string of the molecule is C/C=C\C(=O)N(C=O)CCC(=O)NC(C)C. The lowest BCUT2D eigenvalue weighted by Gasteiger charge is -2.14. The summed E-state index contributed by atoms with van der Waals surface area (Å²) in [5.41, 5.74) is 0. The summed E-state index contributed by atoms with van der Waals surface area (Å²) >= 11 is 0. The number of nitrogens with one attached hydrogen (secondary N) is 1. The number of allylic oxidation sites excluding steroid dienone is 1. The highest BCUT2D eigenvalue weighted by atomic mass is 16.2. The van der Waals surface area contributed by atoms with E-state index in [1.54, 1.807) is 13.0 Å². The first-order chi connectivity index (χ1) is 7.51. The van der Waals surface area contributed by atoms with Gasteiger partial charge in [-0.25, -0.2) is 0 Å². The molecule has 0 spiro atoms. The highest BCUT2D eigenvalue weighted by molar-refractivity contribution is 5.94. The second kappa shape index (κ2) is 7.62. The predicted octanol–water partition coefficient (Wildman–Crippen LogP) is 0.462. The predicted molar refractivity (Wildman–Crippen MR) is 60.5 cm³/mol. The van der Waals surface area contributed by atoms with Crippen LogP contribution in [0.3, 0.4) is 0 Å². The standard InChI is InChI=1S/C11H18N2O3/c1-4-5-11(16)13(8-14)7-6-10(15)12-9(2)3/h4-5,8-9H,6-7H2,1-3H3,(H,12,15)/b5-4-. The van der Waals surface area contributed by atoms with Crippen LogP contribution in [0.5, 0.6) is 0 Å². The highest BCUT2D eigenvalue weighted by Crippen LogP contribution is 1.92. The van der Waals surface area contributed by atoms with E-state index in [2.05, 4.69) is 5.32 Å². The normalized spacial score (nSPS) is 10.5. The van der Waals surface area contributed by atoms with Crippen LogP contribution in [0.25, 0.3) is 0 Å². The number of amides is 3. The van der Waals surface area contributed by atoms with Crippen LogP contribution in [-0.2, 0) is 14.4 Å². The maximum atomic E-state index is 11.3. The molecule has 0 radical (unpaired) electrons. The van der Waals surface area contributed by atoms with Crippen molar-refractivity contribution in [3.05, 3.63) is 12.2 Å². The Balaban J connectivity index is 4.10. The fourth-order valence-corrected chi connectivity index (χ4v) is 1.07. The molecule has 0 unspecified atom stereocenters. The molecule has 0 heterocycles. The number of hydrogen-bond donors (Lipinski definition) is 1. The van der Waals surface area contributed by atoms with Gasteiger partial charge in [-0.15, -0.1) is 0 Å². The van der Waals surface area contributed by atoms with Crippen molar-refractivity contribution in [2.75, 3.05) is 6.54 Å². The van der Waals surface area contributed by atoms with Gasteiger partial charge in [0.05, 0.1) is 0 Å². The summed E-state index contributed by atoms with van der Waals surface area (Å²) in [6.45, 7) is 5.48. The molecule has 0 aliphatic heterocycles. The van der Waals surface area contributed by atoms with Crippen LogP contribution in [0.2, 0.25) is 0 Å². The molecule has 0 atom stereocenters. The zero-order chi connectivity index (χ0) is 12.6. The van der Waals surface area contributed by atoms with Crippen molar-refractivity contribution in [1.82, 2.24) is 10.2 Å². The number of rotatable bonds is 6. The van der Waals surface area contributed by atoms with E-state index >= 15 is 0 Å². The molecular formula is C11H18N2O3. The zero-order valence-corrected chi connectivity index (χ0v) is 9.90. The topological polar surface area (TPSA) is 66.5 Å². The molecule has 5 nitrogen and oxygen atoms in total. The van der Waals surface area contributed by atoms with E-state index in [0.717, 1.165) is 4.90 Å². The Morgan fingerprint density at radius 1 is 1.38 bits per heavy atom. The van der Waals surface area contributed by atoms with Crippen molar-refractivity contribution < 1.29 is 14.4 Å². The van der Waals surface area contributed by atoms with Crippen molar-refractivity contribution >= 4 is 18.2 Å². The Morgan fingerprint density at radius 2 is 2.00 bits per heavy atom. The minimum atomic E-state index is -0.408. The fourth-order valence-electron chi connectivity index (χ4n) is 1.07. The number of carbonyl (C=O) groups excluding carboxylic acids is 3. The van der Waals surface area contributed by atoms with Crippen molar-refractivity contribution in [3.8, 4) is 0 Å². The summed E-state index contributed by atoms with van der Waals surface area (Å²) in [5.74, 6) is -0.579. The van der Waals surface area contributed by atoms with Crippen LogP contribution in [0.4, 0.5) is 0 Å². The van der Waals surface area contributed by atoms with Crippen LogP contribution >= 0.6 is 0 Å². The van der Waals surface area contributed by atoms with Crippen LogP contribution in [0.1, 0.15) is 27.2 Å². The average Bonchev–Trinajstić information content (AvgIpc) is 2.17. The average molecular weight is 226 g/mol. The highest BCUT2D eigenvalue weighted by Gasteiger charge is 2.11. The summed E-state index contributed by atoms with van der Waals surface area (Å²) in [7, 11) is 0. The maximum absolute atomic E-state index is 11.3. The van der Waals surface area contributed by atoms with E-state index in [4.69, 9.17) is 0 Å². The third kappa shape index (κ3) is 5.95. The monoisotopic (exact) mass is 226 g/mol. The van der Waals surface area contributed by atoms with Gasteiger partial charge in [0.25, 0.3) is 5.91 Å². The van der Waals surface area contributed by atoms with Gasteiger partial charge in [-0.05, 0) is 26.8 Å². The van der Waals surface area contributed by atoms with Crippen molar-refractivity contribution in [2.24, 2.45) is 0 Å². The first-order valence-corrected chi connectivity index (χ1v) is 5.19. The molecule has 3 amide bonds. The van der Waals surface area contributed by atoms with Crippen LogP contribution < -0.4 is 5.32 Å². The van der Waals surface area contributed by atoms with E-state index in [9.17, 15) is 14.4 Å². The molecular weight excluding hydrogens is 208 g/mol. The molecule has 0 saturated carbocycles. The fraction of sp³-hybridized carbons (Fsp3) is 0.545. The van der Waals surface area contributed by atoms with Gasteiger partial charge in [-0.1, -0.05) is 6.08 Å². The number of nitrogens with zero attached hydrogens (tertiary/aromatic N) is 1. The van der Waals surface area contributed by atoms with E-state index < -0.39 is 5.91 Å². The molecule has 0 fully saturated rings. The van der Waals surface area contributed by atoms with Gasteiger partial charge in [0.1, 0.15) is 0 Å². The van der Waals surface area contributed by atoms with Crippen molar-refractivity contribution in [3.63, 3.8) is 0 Å². The molecule has 0 bridgehead atoms. The smallest absolute Gasteiger partial charge is 0.252 e. The molecule has 5 heteroatoms. The maximum Gasteiger partial charge on any atom is 0.252 e. The summed E-state index contributed by atoms with van der Waals surface area (Å²) in [5, 5.41) is 2.68. The Bertz CT molecular complexity index is 285. The summed E-state index contributed by atoms with van der Waals surface area (Å²) in [6.07, 6.45) is 3.40. The number of carbonyl (C=O) groups is 3. The molecule has 0 rings (SSSR count). The summed E-state index contributed by atoms with van der Waals surface area (Å²) < 4.78 is 0. The minimum absolute atomic E-state index is 0.0587. The minimum Gasteiger partial charge on any atom is -0.354 e. The number of hydrogen-bond acceptors (Lipinski definition) is 3. The van der Waals surface area contributed by atoms with E-state index in [1.165, 1.54) is 6.08 Å². The van der Waals surface area contributed by atoms with E-state index in [0.29, 0.717) is 6.41 Å². The Hall–Kier alpha value is -1.65. The van der Waals surface area contributed by atoms with Gasteiger partial charge < -0.3 is 5.32 Å². The first kappa shape index (κ1) is 14.3. The molecule has 1 N–H and O–H groups in total. The number of imide groups is 1. The Morgan fingerprint density at radius 3 is 2.44 bits per heavy atom. The third-order valence-corrected chi connectivity index (χ3v) is 1.75. The van der Waals surface area contributed by atoms with E-state index in [-0.39, 0.29) is 24.9 Å². The lowest BCUT2D eigenvalue weighted by molar-refractivity contribution is -0.134. The van der Waals surface area contributed by atoms with Crippen LogP contribution in [0, 0.1) is 0 Å².